The van der Waals surface area contributed by atoms with Crippen LogP contribution < -0.4 is 16.8 Å². The number of nitrogen functional groups attached to an aromatic ring is 2. The van der Waals surface area contributed by atoms with E-state index in [0.29, 0.717) is 24.4 Å². The summed E-state index contributed by atoms with van der Waals surface area (Å²) in [6.45, 7) is 5.55. The summed E-state index contributed by atoms with van der Waals surface area (Å²) in [6, 6.07) is 0. The summed E-state index contributed by atoms with van der Waals surface area (Å²) >= 11 is 0. The number of aromatic nitrogens is 3. The van der Waals surface area contributed by atoms with Crippen LogP contribution in [0.3, 0.4) is 0 Å². The molecule has 1 rings (SSSR count). The first kappa shape index (κ1) is 11.9. The number of hydrogen-bond donors (Lipinski definition) is 3. The molecule has 0 radical (unpaired) electrons. The van der Waals surface area contributed by atoms with Crippen LogP contribution in [0, 0.1) is 0 Å². The van der Waals surface area contributed by atoms with Crippen molar-refractivity contribution in [2.24, 2.45) is 0 Å². The van der Waals surface area contributed by atoms with Crippen LogP contribution in [0.5, 0.6) is 0 Å². The Hall–Kier alpha value is -2.18. The van der Waals surface area contributed by atoms with Crippen LogP contribution in [-0.2, 0) is 11.2 Å². The lowest BCUT2D eigenvalue weighted by Crippen LogP contribution is -2.26. The average Bonchev–Trinajstić information content (AvgIpc) is 2.15. The Kier molecular flexibility index (Phi) is 3.76. The molecule has 0 aromatic carbocycles. The van der Waals surface area contributed by atoms with Gasteiger partial charge in [-0.1, -0.05) is 6.58 Å². The van der Waals surface area contributed by atoms with Crippen molar-refractivity contribution in [3.05, 3.63) is 18.0 Å². The third kappa shape index (κ3) is 3.52. The number of carbonyl (C=O) groups is 1. The molecular weight excluding hydrogens is 208 g/mol. The fraction of sp³-hybridized carbons (Fsp3) is 0.333. The summed E-state index contributed by atoms with van der Waals surface area (Å²) in [4.78, 5) is 22.5. The molecule has 0 bridgehead atoms. The van der Waals surface area contributed by atoms with E-state index in [1.165, 1.54) is 0 Å². The SMILES string of the molecule is C=C(C)C(=O)NCCc1nc(N)nc(N)n1. The molecule has 7 nitrogen and oxygen atoms in total. The summed E-state index contributed by atoms with van der Waals surface area (Å²) in [5.41, 5.74) is 11.2. The first-order valence-electron chi connectivity index (χ1n) is 4.68. The van der Waals surface area contributed by atoms with Gasteiger partial charge in [-0.05, 0) is 6.92 Å². The van der Waals surface area contributed by atoms with Crippen LogP contribution in [0.25, 0.3) is 0 Å². The number of rotatable bonds is 4. The van der Waals surface area contributed by atoms with Gasteiger partial charge in [0, 0.05) is 18.5 Å². The molecule has 0 spiro atoms. The second-order valence-corrected chi connectivity index (χ2v) is 3.25. The average molecular weight is 222 g/mol. The van der Waals surface area contributed by atoms with E-state index in [2.05, 4.69) is 26.8 Å². The third-order valence-corrected chi connectivity index (χ3v) is 1.74. The Bertz CT molecular complexity index is 396. The maximum atomic E-state index is 11.2. The Morgan fingerprint density at radius 2 is 1.88 bits per heavy atom. The zero-order valence-corrected chi connectivity index (χ0v) is 9.03. The predicted molar refractivity (Wildman–Crippen MR) is 60.2 cm³/mol. The van der Waals surface area contributed by atoms with E-state index in [1.807, 2.05) is 0 Å². The van der Waals surface area contributed by atoms with Crippen molar-refractivity contribution in [1.29, 1.82) is 0 Å². The maximum absolute atomic E-state index is 11.2. The normalized spacial score (nSPS) is 9.81. The van der Waals surface area contributed by atoms with E-state index >= 15 is 0 Å². The molecule has 0 unspecified atom stereocenters. The topological polar surface area (TPSA) is 120 Å². The van der Waals surface area contributed by atoms with Crippen LogP contribution in [-0.4, -0.2) is 27.4 Å². The number of anilines is 2. The van der Waals surface area contributed by atoms with E-state index in [-0.39, 0.29) is 17.8 Å². The van der Waals surface area contributed by atoms with E-state index in [9.17, 15) is 4.79 Å². The molecule has 1 aromatic heterocycles. The first-order valence-corrected chi connectivity index (χ1v) is 4.68. The molecule has 0 aliphatic rings. The van der Waals surface area contributed by atoms with Gasteiger partial charge in [-0.25, -0.2) is 0 Å². The zero-order valence-electron chi connectivity index (χ0n) is 9.03. The van der Waals surface area contributed by atoms with E-state index in [1.54, 1.807) is 6.92 Å². The Morgan fingerprint density at radius 1 is 1.31 bits per heavy atom. The van der Waals surface area contributed by atoms with Gasteiger partial charge in [-0.2, -0.15) is 15.0 Å². The lowest BCUT2D eigenvalue weighted by atomic mass is 10.3. The smallest absolute Gasteiger partial charge is 0.246 e. The van der Waals surface area contributed by atoms with Gasteiger partial charge >= 0.3 is 0 Å². The number of carbonyl (C=O) groups excluding carboxylic acids is 1. The summed E-state index contributed by atoms with van der Waals surface area (Å²) < 4.78 is 0. The molecule has 0 atom stereocenters. The van der Waals surface area contributed by atoms with Gasteiger partial charge < -0.3 is 16.8 Å². The molecule has 16 heavy (non-hydrogen) atoms. The van der Waals surface area contributed by atoms with E-state index < -0.39 is 0 Å². The second kappa shape index (κ2) is 5.06. The highest BCUT2D eigenvalue weighted by atomic mass is 16.1. The van der Waals surface area contributed by atoms with Gasteiger partial charge in [-0.15, -0.1) is 0 Å². The van der Waals surface area contributed by atoms with Crippen molar-refractivity contribution in [3.63, 3.8) is 0 Å². The van der Waals surface area contributed by atoms with Crippen LogP contribution in [0.15, 0.2) is 12.2 Å². The second-order valence-electron chi connectivity index (χ2n) is 3.25. The van der Waals surface area contributed by atoms with Crippen molar-refractivity contribution in [2.75, 3.05) is 18.0 Å². The maximum Gasteiger partial charge on any atom is 0.246 e. The lowest BCUT2D eigenvalue weighted by Gasteiger charge is -2.04. The van der Waals surface area contributed by atoms with Gasteiger partial charge in [0.2, 0.25) is 17.8 Å². The summed E-state index contributed by atoms with van der Waals surface area (Å²) in [7, 11) is 0. The largest absolute Gasteiger partial charge is 0.368 e. The monoisotopic (exact) mass is 222 g/mol. The van der Waals surface area contributed by atoms with Crippen molar-refractivity contribution < 1.29 is 4.79 Å². The summed E-state index contributed by atoms with van der Waals surface area (Å²) in [6.07, 6.45) is 0.440. The summed E-state index contributed by atoms with van der Waals surface area (Å²) in [5.74, 6) is 0.407. The Balaban J connectivity index is 2.49. The highest BCUT2D eigenvalue weighted by Gasteiger charge is 2.04. The standard InChI is InChI=1S/C9H14N6O/c1-5(2)7(16)12-4-3-6-13-8(10)15-9(11)14-6/h1,3-4H2,2H3,(H,12,16)(H4,10,11,13,14,15). The Morgan fingerprint density at radius 3 is 2.38 bits per heavy atom. The summed E-state index contributed by atoms with van der Waals surface area (Å²) in [5, 5.41) is 2.65. The van der Waals surface area contributed by atoms with Crippen molar-refractivity contribution >= 4 is 17.8 Å². The molecule has 0 aliphatic heterocycles. The van der Waals surface area contributed by atoms with Gasteiger partial charge in [0.05, 0.1) is 0 Å². The third-order valence-electron chi connectivity index (χ3n) is 1.74. The molecule has 7 heteroatoms. The van der Waals surface area contributed by atoms with Crippen LogP contribution in [0.2, 0.25) is 0 Å². The lowest BCUT2D eigenvalue weighted by molar-refractivity contribution is -0.117. The molecule has 0 saturated heterocycles. The number of nitrogens with one attached hydrogen (secondary N) is 1. The fourth-order valence-corrected chi connectivity index (χ4v) is 1.01. The molecule has 0 fully saturated rings. The molecule has 1 aromatic rings. The number of hydrogen-bond acceptors (Lipinski definition) is 6. The van der Waals surface area contributed by atoms with Crippen molar-refractivity contribution in [1.82, 2.24) is 20.3 Å². The molecule has 5 N–H and O–H groups in total. The minimum atomic E-state index is -0.199. The number of amides is 1. The number of nitrogens with zero attached hydrogens (tertiary/aromatic N) is 3. The fourth-order valence-electron chi connectivity index (χ4n) is 1.01. The van der Waals surface area contributed by atoms with Gasteiger partial charge in [0.15, 0.2) is 0 Å². The van der Waals surface area contributed by atoms with E-state index in [4.69, 9.17) is 11.5 Å². The van der Waals surface area contributed by atoms with E-state index in [0.717, 1.165) is 0 Å². The zero-order chi connectivity index (χ0) is 12.1. The molecule has 86 valence electrons. The molecule has 1 amide bonds. The Labute approximate surface area is 93.0 Å². The highest BCUT2D eigenvalue weighted by molar-refractivity contribution is 5.92. The van der Waals surface area contributed by atoms with Crippen LogP contribution in [0.4, 0.5) is 11.9 Å². The van der Waals surface area contributed by atoms with Crippen LogP contribution in [0.1, 0.15) is 12.7 Å². The highest BCUT2D eigenvalue weighted by Crippen LogP contribution is 1.98. The first-order chi connectivity index (χ1) is 7.49. The van der Waals surface area contributed by atoms with Crippen LogP contribution >= 0.6 is 0 Å². The molecule has 0 saturated carbocycles. The quantitative estimate of drug-likeness (QED) is 0.578. The van der Waals surface area contributed by atoms with Crippen molar-refractivity contribution in [2.45, 2.75) is 13.3 Å². The molecular formula is C9H14N6O. The predicted octanol–water partition coefficient (Wildman–Crippen LogP) is -0.729. The van der Waals surface area contributed by atoms with Gasteiger partial charge in [0.25, 0.3) is 0 Å². The van der Waals surface area contributed by atoms with Gasteiger partial charge in [-0.3, -0.25) is 4.79 Å². The minimum Gasteiger partial charge on any atom is -0.368 e. The number of nitrogens with two attached hydrogens (primary N) is 2. The van der Waals surface area contributed by atoms with Gasteiger partial charge in [0.1, 0.15) is 5.82 Å². The van der Waals surface area contributed by atoms with Crippen molar-refractivity contribution in [3.8, 4) is 0 Å². The molecule has 0 aliphatic carbocycles. The molecule has 1 heterocycles. The minimum absolute atomic E-state index is 0.0775.